The van der Waals surface area contributed by atoms with Crippen LogP contribution >= 0.6 is 0 Å². The van der Waals surface area contributed by atoms with E-state index in [0.29, 0.717) is 25.9 Å². The number of benzene rings is 1. The highest BCUT2D eigenvalue weighted by Gasteiger charge is 2.31. The first-order chi connectivity index (χ1) is 11.2. The van der Waals surface area contributed by atoms with Gasteiger partial charge in [-0.25, -0.2) is 0 Å². The fourth-order valence-corrected chi connectivity index (χ4v) is 3.25. The van der Waals surface area contributed by atoms with Gasteiger partial charge < -0.3 is 15.2 Å². The molecule has 3 rings (SSSR count). The number of hydrogen-bond donors (Lipinski definition) is 2. The van der Waals surface area contributed by atoms with Crippen molar-refractivity contribution in [3.05, 3.63) is 36.0 Å². The molecule has 1 aromatic carbocycles. The van der Waals surface area contributed by atoms with E-state index >= 15 is 0 Å². The first-order valence-corrected chi connectivity index (χ1v) is 8.33. The van der Waals surface area contributed by atoms with Gasteiger partial charge in [-0.1, -0.05) is 25.1 Å². The second kappa shape index (κ2) is 6.86. The van der Waals surface area contributed by atoms with Crippen molar-refractivity contribution in [3.8, 4) is 0 Å². The summed E-state index contributed by atoms with van der Waals surface area (Å²) in [5, 5.41) is 4.15. The predicted octanol–water partition coefficient (Wildman–Crippen LogP) is 2.23. The molecule has 0 saturated carbocycles. The number of carbonyl (C=O) groups excluding carboxylic acids is 2. The van der Waals surface area contributed by atoms with Crippen molar-refractivity contribution >= 4 is 22.7 Å². The molecule has 2 amide bonds. The van der Waals surface area contributed by atoms with Crippen LogP contribution in [0.15, 0.2) is 30.3 Å². The highest BCUT2D eigenvalue weighted by molar-refractivity contribution is 5.88. The molecule has 2 aromatic rings. The smallest absolute Gasteiger partial charge is 0.242 e. The molecule has 0 bridgehead atoms. The molecule has 5 nitrogen and oxygen atoms in total. The van der Waals surface area contributed by atoms with Gasteiger partial charge in [0.15, 0.2) is 0 Å². The van der Waals surface area contributed by atoms with Crippen molar-refractivity contribution < 1.29 is 9.59 Å². The van der Waals surface area contributed by atoms with Crippen molar-refractivity contribution in [3.63, 3.8) is 0 Å². The Bertz CT molecular complexity index is 674. The average molecular weight is 313 g/mol. The third-order valence-corrected chi connectivity index (χ3v) is 4.45. The Kier molecular flexibility index (Phi) is 4.65. The fourth-order valence-electron chi connectivity index (χ4n) is 3.25. The van der Waals surface area contributed by atoms with Gasteiger partial charge in [-0.2, -0.15) is 0 Å². The van der Waals surface area contributed by atoms with Crippen LogP contribution in [-0.4, -0.2) is 40.8 Å². The maximum Gasteiger partial charge on any atom is 0.242 e. The summed E-state index contributed by atoms with van der Waals surface area (Å²) in [5.41, 5.74) is 2.22. The third-order valence-electron chi connectivity index (χ3n) is 4.45. The fraction of sp³-hybridized carbons (Fsp3) is 0.444. The van der Waals surface area contributed by atoms with Crippen molar-refractivity contribution in [1.29, 1.82) is 0 Å². The predicted molar refractivity (Wildman–Crippen MR) is 90.0 cm³/mol. The molecule has 1 aliphatic rings. The summed E-state index contributed by atoms with van der Waals surface area (Å²) in [5.74, 6) is 0.0569. The van der Waals surface area contributed by atoms with Crippen molar-refractivity contribution in [1.82, 2.24) is 15.2 Å². The van der Waals surface area contributed by atoms with Gasteiger partial charge in [-0.3, -0.25) is 9.59 Å². The van der Waals surface area contributed by atoms with Crippen LogP contribution in [0.4, 0.5) is 0 Å². The number of amides is 2. The zero-order valence-electron chi connectivity index (χ0n) is 13.5. The highest BCUT2D eigenvalue weighted by atomic mass is 16.2. The molecular weight excluding hydrogens is 290 g/mol. The summed E-state index contributed by atoms with van der Waals surface area (Å²) >= 11 is 0. The molecule has 1 saturated heterocycles. The van der Waals surface area contributed by atoms with Gasteiger partial charge in [-0.15, -0.1) is 0 Å². The molecule has 23 heavy (non-hydrogen) atoms. The summed E-state index contributed by atoms with van der Waals surface area (Å²) in [6.45, 7) is 3.23. The van der Waals surface area contributed by atoms with Gasteiger partial charge in [0.05, 0.1) is 0 Å². The second-order valence-electron chi connectivity index (χ2n) is 6.04. The van der Waals surface area contributed by atoms with Crippen LogP contribution < -0.4 is 5.32 Å². The van der Waals surface area contributed by atoms with E-state index in [9.17, 15) is 9.59 Å². The normalized spacial score (nSPS) is 16.0. The molecule has 122 valence electrons. The summed E-state index contributed by atoms with van der Waals surface area (Å²) in [6.07, 6.45) is 2.84. The summed E-state index contributed by atoms with van der Waals surface area (Å²) in [4.78, 5) is 29.2. The Balaban J connectivity index is 1.54. The molecule has 5 heteroatoms. The lowest BCUT2D eigenvalue weighted by Gasteiger charge is -2.25. The molecule has 2 heterocycles. The van der Waals surface area contributed by atoms with Gasteiger partial charge in [0.25, 0.3) is 0 Å². The molecule has 1 aromatic heterocycles. The van der Waals surface area contributed by atoms with Crippen LogP contribution in [0.25, 0.3) is 10.9 Å². The van der Waals surface area contributed by atoms with E-state index in [0.717, 1.165) is 24.1 Å². The van der Waals surface area contributed by atoms with Crippen molar-refractivity contribution in [2.75, 3.05) is 13.1 Å². The molecule has 0 radical (unpaired) electrons. The quantitative estimate of drug-likeness (QED) is 0.859. The molecule has 1 fully saturated rings. The Morgan fingerprint density at radius 3 is 2.91 bits per heavy atom. The Hall–Kier alpha value is -2.30. The largest absolute Gasteiger partial charge is 0.358 e. The molecule has 2 N–H and O–H groups in total. The van der Waals surface area contributed by atoms with Gasteiger partial charge in [-0.05, 0) is 30.4 Å². The van der Waals surface area contributed by atoms with E-state index in [1.165, 1.54) is 5.39 Å². The van der Waals surface area contributed by atoms with Crippen LogP contribution in [0.3, 0.4) is 0 Å². The monoisotopic (exact) mass is 313 g/mol. The first kappa shape index (κ1) is 15.6. The number of para-hydroxylation sites is 1. The first-order valence-electron chi connectivity index (χ1n) is 8.33. The number of nitrogens with one attached hydrogen (secondary N) is 2. The van der Waals surface area contributed by atoms with E-state index in [2.05, 4.69) is 22.4 Å². The van der Waals surface area contributed by atoms with Crippen LogP contribution in [-0.2, 0) is 16.0 Å². The Morgan fingerprint density at radius 1 is 1.39 bits per heavy atom. The summed E-state index contributed by atoms with van der Waals surface area (Å²) in [7, 11) is 0. The van der Waals surface area contributed by atoms with Crippen molar-refractivity contribution in [2.45, 2.75) is 38.6 Å². The van der Waals surface area contributed by atoms with Crippen LogP contribution in [0.2, 0.25) is 0 Å². The maximum absolute atomic E-state index is 12.4. The van der Waals surface area contributed by atoms with E-state index in [1.54, 1.807) is 4.90 Å². The van der Waals surface area contributed by atoms with Crippen LogP contribution in [0.5, 0.6) is 0 Å². The molecule has 0 spiro atoms. The molecule has 1 unspecified atom stereocenters. The zero-order valence-corrected chi connectivity index (χ0v) is 13.5. The number of aromatic nitrogens is 1. The zero-order chi connectivity index (χ0) is 16.2. The van der Waals surface area contributed by atoms with Crippen molar-refractivity contribution in [2.24, 2.45) is 0 Å². The lowest BCUT2D eigenvalue weighted by atomic mass is 10.1. The molecule has 1 atom stereocenters. The minimum Gasteiger partial charge on any atom is -0.358 e. The Morgan fingerprint density at radius 2 is 2.22 bits per heavy atom. The van der Waals surface area contributed by atoms with Crippen LogP contribution in [0.1, 0.15) is 31.9 Å². The minimum absolute atomic E-state index is 0.0427. The highest BCUT2D eigenvalue weighted by Crippen LogP contribution is 2.16. The van der Waals surface area contributed by atoms with E-state index in [4.69, 9.17) is 0 Å². The lowest BCUT2D eigenvalue weighted by Crippen LogP contribution is -2.47. The number of likely N-dealkylation sites (tertiary alicyclic amines) is 1. The summed E-state index contributed by atoms with van der Waals surface area (Å²) < 4.78 is 0. The number of fused-ring (bicyclic) bond motifs is 1. The van der Waals surface area contributed by atoms with E-state index in [-0.39, 0.29) is 17.9 Å². The minimum atomic E-state index is -0.326. The lowest BCUT2D eigenvalue weighted by molar-refractivity contribution is -0.137. The van der Waals surface area contributed by atoms with Gasteiger partial charge in [0, 0.05) is 37.1 Å². The SMILES string of the molecule is CCC(C(=O)NCCc1cc2ccccc2[nH]1)N1CCCC1=O. The van der Waals surface area contributed by atoms with E-state index in [1.807, 2.05) is 25.1 Å². The second-order valence-corrected chi connectivity index (χ2v) is 6.04. The third kappa shape index (κ3) is 3.38. The summed E-state index contributed by atoms with van der Waals surface area (Å²) in [6, 6.07) is 9.92. The van der Waals surface area contributed by atoms with Gasteiger partial charge in [0.2, 0.25) is 11.8 Å². The number of carbonyl (C=O) groups is 2. The van der Waals surface area contributed by atoms with Gasteiger partial charge in [0.1, 0.15) is 6.04 Å². The topological polar surface area (TPSA) is 65.2 Å². The average Bonchev–Trinajstić information content (AvgIpc) is 3.14. The molecule has 1 aliphatic heterocycles. The van der Waals surface area contributed by atoms with Crippen LogP contribution in [0, 0.1) is 0 Å². The number of hydrogen-bond acceptors (Lipinski definition) is 2. The number of H-pyrrole nitrogens is 1. The molecular formula is C18H23N3O2. The number of aromatic amines is 1. The number of rotatable bonds is 6. The maximum atomic E-state index is 12.4. The molecule has 0 aliphatic carbocycles. The Labute approximate surface area is 136 Å². The standard InChI is InChI=1S/C18H23N3O2/c1-2-16(21-11-5-8-17(21)22)18(23)19-10-9-14-12-13-6-3-4-7-15(13)20-14/h3-4,6-7,12,16,20H,2,5,8-11H2,1H3,(H,19,23). The number of nitrogens with zero attached hydrogens (tertiary/aromatic N) is 1. The van der Waals surface area contributed by atoms with E-state index < -0.39 is 0 Å². The van der Waals surface area contributed by atoms with Gasteiger partial charge >= 0.3 is 0 Å².